The van der Waals surface area contributed by atoms with Gasteiger partial charge in [-0.2, -0.15) is 4.98 Å². The summed E-state index contributed by atoms with van der Waals surface area (Å²) in [5, 5.41) is 4.67. The predicted octanol–water partition coefficient (Wildman–Crippen LogP) is 4.06. The van der Waals surface area contributed by atoms with Gasteiger partial charge in [-0.15, -0.1) is 0 Å². The van der Waals surface area contributed by atoms with Gasteiger partial charge in [-0.3, -0.25) is 9.20 Å². The third-order valence-electron chi connectivity index (χ3n) is 5.25. The second kappa shape index (κ2) is 5.66. The minimum absolute atomic E-state index is 0.0447. The molecule has 0 N–H and O–H groups in total. The second-order valence-corrected chi connectivity index (χ2v) is 7.93. The zero-order chi connectivity index (χ0) is 18.9. The first-order chi connectivity index (χ1) is 13.0. The van der Waals surface area contributed by atoms with Crippen molar-refractivity contribution in [3.05, 3.63) is 45.7 Å². The molecule has 5 rings (SSSR count). The number of hydrogen-bond acceptors (Lipinski definition) is 5. The molecule has 0 radical (unpaired) electrons. The van der Waals surface area contributed by atoms with Gasteiger partial charge in [-0.25, -0.2) is 4.98 Å². The number of nitrogens with zero attached hydrogens (tertiary/aromatic N) is 5. The van der Waals surface area contributed by atoms with Crippen molar-refractivity contribution in [2.75, 3.05) is 0 Å². The second-order valence-electron chi connectivity index (χ2n) is 7.49. The van der Waals surface area contributed by atoms with E-state index in [2.05, 4.69) is 22.0 Å². The number of rotatable bonds is 3. The normalized spacial score (nSPS) is 19.4. The Bertz CT molecular complexity index is 1250. The van der Waals surface area contributed by atoms with Gasteiger partial charge in [0.15, 0.2) is 11.5 Å². The van der Waals surface area contributed by atoms with Crippen LogP contribution in [-0.2, 0) is 0 Å². The maximum Gasteiger partial charge on any atom is 0.278 e. The number of aromatic nitrogens is 5. The van der Waals surface area contributed by atoms with E-state index >= 15 is 0 Å². The van der Waals surface area contributed by atoms with Crippen molar-refractivity contribution in [2.45, 2.75) is 39.2 Å². The molecular formula is C19H18ClN5O2. The van der Waals surface area contributed by atoms with E-state index in [9.17, 15) is 4.79 Å². The van der Waals surface area contributed by atoms with E-state index in [1.54, 1.807) is 27.4 Å². The van der Waals surface area contributed by atoms with Crippen molar-refractivity contribution >= 4 is 28.2 Å². The molecule has 1 fully saturated rings. The largest absolute Gasteiger partial charge is 0.332 e. The van der Waals surface area contributed by atoms with Gasteiger partial charge in [0.1, 0.15) is 11.8 Å². The Balaban J connectivity index is 1.81. The van der Waals surface area contributed by atoms with Crippen LogP contribution in [0.3, 0.4) is 0 Å². The Morgan fingerprint density at radius 3 is 2.78 bits per heavy atom. The molecule has 7 nitrogen and oxygen atoms in total. The summed E-state index contributed by atoms with van der Waals surface area (Å²) in [5.41, 5.74) is 2.29. The molecule has 138 valence electrons. The van der Waals surface area contributed by atoms with Crippen molar-refractivity contribution < 1.29 is 4.52 Å². The lowest BCUT2D eigenvalue weighted by Crippen LogP contribution is -2.24. The van der Waals surface area contributed by atoms with Crippen molar-refractivity contribution in [3.63, 3.8) is 0 Å². The summed E-state index contributed by atoms with van der Waals surface area (Å²) < 4.78 is 8.94. The molecular weight excluding hydrogens is 366 g/mol. The van der Waals surface area contributed by atoms with Crippen LogP contribution in [-0.4, -0.2) is 24.1 Å². The molecule has 3 heterocycles. The highest BCUT2D eigenvalue weighted by molar-refractivity contribution is 6.31. The summed E-state index contributed by atoms with van der Waals surface area (Å²) >= 11 is 6.18. The molecule has 8 heteroatoms. The molecule has 0 saturated heterocycles. The Morgan fingerprint density at radius 1 is 1.30 bits per heavy atom. The SMILES string of the molecule is CC1CC1c1noc(-c2ncn3c2c(=O)n(C(C)C)c2cc(Cl)ccc23)n1. The van der Waals surface area contributed by atoms with Crippen LogP contribution < -0.4 is 5.56 Å². The summed E-state index contributed by atoms with van der Waals surface area (Å²) in [6, 6.07) is 5.45. The highest BCUT2D eigenvalue weighted by atomic mass is 35.5. The third kappa shape index (κ3) is 2.41. The van der Waals surface area contributed by atoms with Gasteiger partial charge in [0.05, 0.1) is 11.0 Å². The van der Waals surface area contributed by atoms with Crippen molar-refractivity contribution in [1.82, 2.24) is 24.1 Å². The summed E-state index contributed by atoms with van der Waals surface area (Å²) in [4.78, 5) is 22.3. The zero-order valence-corrected chi connectivity index (χ0v) is 15.9. The van der Waals surface area contributed by atoms with E-state index in [4.69, 9.17) is 16.1 Å². The average Bonchev–Trinajstić information content (AvgIpc) is 3.02. The molecule has 1 aliphatic carbocycles. The molecule has 1 aliphatic rings. The molecule has 2 atom stereocenters. The van der Waals surface area contributed by atoms with Gasteiger partial charge < -0.3 is 9.09 Å². The number of halogens is 1. The first-order valence-electron chi connectivity index (χ1n) is 9.00. The molecule has 0 bridgehead atoms. The van der Waals surface area contributed by atoms with Crippen LogP contribution in [0.15, 0.2) is 33.8 Å². The zero-order valence-electron chi connectivity index (χ0n) is 15.2. The van der Waals surface area contributed by atoms with E-state index < -0.39 is 0 Å². The number of fused-ring (bicyclic) bond motifs is 3. The van der Waals surface area contributed by atoms with Crippen molar-refractivity contribution in [1.29, 1.82) is 0 Å². The van der Waals surface area contributed by atoms with E-state index in [0.29, 0.717) is 33.9 Å². The lowest BCUT2D eigenvalue weighted by Gasteiger charge is -2.15. The van der Waals surface area contributed by atoms with Crippen molar-refractivity contribution in [2.24, 2.45) is 5.92 Å². The van der Waals surface area contributed by atoms with Crippen LogP contribution in [0, 0.1) is 5.92 Å². The fraction of sp³-hybridized carbons (Fsp3) is 0.368. The van der Waals surface area contributed by atoms with Gasteiger partial charge in [-0.05, 0) is 44.4 Å². The molecule has 3 aromatic heterocycles. The maximum absolute atomic E-state index is 13.3. The average molecular weight is 384 g/mol. The van der Waals surface area contributed by atoms with Gasteiger partial charge in [0.25, 0.3) is 11.4 Å². The molecule has 2 unspecified atom stereocenters. The first kappa shape index (κ1) is 16.5. The van der Waals surface area contributed by atoms with Crippen LogP contribution in [0.5, 0.6) is 0 Å². The smallest absolute Gasteiger partial charge is 0.278 e. The number of hydrogen-bond donors (Lipinski definition) is 0. The Hall–Kier alpha value is -2.67. The van der Waals surface area contributed by atoms with Crippen LogP contribution >= 0.6 is 11.6 Å². The highest BCUT2D eigenvalue weighted by Gasteiger charge is 2.38. The van der Waals surface area contributed by atoms with E-state index in [1.165, 1.54) is 0 Å². The summed E-state index contributed by atoms with van der Waals surface area (Å²) in [7, 11) is 0. The third-order valence-corrected chi connectivity index (χ3v) is 5.48. The lowest BCUT2D eigenvalue weighted by atomic mass is 10.2. The van der Waals surface area contributed by atoms with Crippen LogP contribution in [0.25, 0.3) is 28.1 Å². The van der Waals surface area contributed by atoms with Gasteiger partial charge in [0.2, 0.25) is 0 Å². The van der Waals surface area contributed by atoms with Crippen molar-refractivity contribution in [3.8, 4) is 11.6 Å². The quantitative estimate of drug-likeness (QED) is 0.533. The maximum atomic E-state index is 13.3. The summed E-state index contributed by atoms with van der Waals surface area (Å²) in [5.74, 6) is 1.88. The fourth-order valence-corrected chi connectivity index (χ4v) is 3.85. The standard InChI is InChI=1S/C19H18ClN5O2/c1-9(2)25-14-7-11(20)4-5-13(14)24-8-21-15(16(24)19(25)26)18-22-17(23-27-18)12-6-10(12)3/h4-5,7-10,12H,6H2,1-3H3. The number of imidazole rings is 1. The Labute approximate surface area is 159 Å². The van der Waals surface area contributed by atoms with Gasteiger partial charge in [-0.1, -0.05) is 23.7 Å². The van der Waals surface area contributed by atoms with Gasteiger partial charge in [0, 0.05) is 17.0 Å². The predicted molar refractivity (Wildman–Crippen MR) is 102 cm³/mol. The van der Waals surface area contributed by atoms with Crippen LogP contribution in [0.2, 0.25) is 5.02 Å². The topological polar surface area (TPSA) is 78.2 Å². The van der Waals surface area contributed by atoms with Crippen LogP contribution in [0.4, 0.5) is 0 Å². The molecule has 0 aliphatic heterocycles. The monoisotopic (exact) mass is 383 g/mol. The molecule has 0 amide bonds. The highest BCUT2D eigenvalue weighted by Crippen LogP contribution is 2.45. The summed E-state index contributed by atoms with van der Waals surface area (Å²) in [6.07, 6.45) is 2.69. The van der Waals surface area contributed by atoms with Gasteiger partial charge >= 0.3 is 0 Å². The van der Waals surface area contributed by atoms with Crippen LogP contribution in [0.1, 0.15) is 45.0 Å². The molecule has 27 heavy (non-hydrogen) atoms. The lowest BCUT2D eigenvalue weighted by molar-refractivity contribution is 0.421. The summed E-state index contributed by atoms with van der Waals surface area (Å²) in [6.45, 7) is 6.09. The number of benzene rings is 1. The minimum atomic E-state index is -0.160. The fourth-order valence-electron chi connectivity index (χ4n) is 3.68. The van der Waals surface area contributed by atoms with E-state index in [1.807, 2.05) is 19.9 Å². The molecule has 0 spiro atoms. The Morgan fingerprint density at radius 2 is 2.07 bits per heavy atom. The molecule has 4 aromatic rings. The molecule has 1 saturated carbocycles. The van der Waals surface area contributed by atoms with E-state index in [0.717, 1.165) is 17.5 Å². The van der Waals surface area contributed by atoms with E-state index in [-0.39, 0.29) is 17.5 Å². The Kier molecular flexibility index (Phi) is 3.46. The first-order valence-corrected chi connectivity index (χ1v) is 9.38. The minimum Gasteiger partial charge on any atom is -0.332 e. The molecule has 1 aromatic carbocycles.